The zero-order valence-corrected chi connectivity index (χ0v) is 12.5. The van der Waals surface area contributed by atoms with Gasteiger partial charge in [0.05, 0.1) is 6.54 Å². The van der Waals surface area contributed by atoms with Crippen LogP contribution in [0.2, 0.25) is 0 Å². The zero-order valence-electron chi connectivity index (χ0n) is 12.5. The highest BCUT2D eigenvalue weighted by Gasteiger charge is 2.18. The Bertz CT molecular complexity index is 368. The predicted molar refractivity (Wildman–Crippen MR) is 77.0 cm³/mol. The molecule has 0 spiro atoms. The molecule has 2 heterocycles. The molecule has 1 aliphatic heterocycles. The Labute approximate surface area is 116 Å². The molecule has 0 radical (unpaired) electrons. The van der Waals surface area contributed by atoms with Crippen molar-refractivity contribution in [1.82, 2.24) is 25.0 Å². The van der Waals surface area contributed by atoms with Crippen molar-refractivity contribution in [2.75, 3.05) is 19.6 Å². The van der Waals surface area contributed by atoms with Crippen LogP contribution in [0.3, 0.4) is 0 Å². The summed E-state index contributed by atoms with van der Waals surface area (Å²) in [6.45, 7) is 10.8. The number of aromatic nitrogens is 3. The summed E-state index contributed by atoms with van der Waals surface area (Å²) in [5.41, 5.74) is 0. The molecule has 1 atom stereocenters. The quantitative estimate of drug-likeness (QED) is 0.852. The van der Waals surface area contributed by atoms with Crippen molar-refractivity contribution in [3.05, 3.63) is 12.2 Å². The highest BCUT2D eigenvalue weighted by Crippen LogP contribution is 2.12. The average molecular weight is 265 g/mol. The molecule has 1 aliphatic rings. The standard InChI is InChI=1S/C14H27N5/c1-4-18(9-13-7-5-6-8-15-13)10-14-16-11-17-19(14)12(2)3/h11-13,15H,4-10H2,1-3H3. The van der Waals surface area contributed by atoms with E-state index in [1.165, 1.54) is 25.8 Å². The lowest BCUT2D eigenvalue weighted by molar-refractivity contribution is 0.217. The van der Waals surface area contributed by atoms with E-state index in [2.05, 4.69) is 41.1 Å². The Morgan fingerprint density at radius 2 is 2.32 bits per heavy atom. The third-order valence-corrected chi connectivity index (χ3v) is 3.84. The number of rotatable bonds is 6. The lowest BCUT2D eigenvalue weighted by Gasteiger charge is -2.29. The fraction of sp³-hybridized carbons (Fsp3) is 0.857. The van der Waals surface area contributed by atoms with Crippen molar-refractivity contribution in [3.8, 4) is 0 Å². The molecule has 1 saturated heterocycles. The molecule has 1 fully saturated rings. The summed E-state index contributed by atoms with van der Waals surface area (Å²) >= 11 is 0. The number of piperidine rings is 1. The lowest BCUT2D eigenvalue weighted by atomic mass is 10.0. The minimum Gasteiger partial charge on any atom is -0.313 e. The van der Waals surface area contributed by atoms with Gasteiger partial charge in [-0.15, -0.1) is 0 Å². The summed E-state index contributed by atoms with van der Waals surface area (Å²) in [5.74, 6) is 1.08. The number of hydrogen-bond acceptors (Lipinski definition) is 4. The maximum absolute atomic E-state index is 4.41. The van der Waals surface area contributed by atoms with Gasteiger partial charge >= 0.3 is 0 Å². The van der Waals surface area contributed by atoms with Crippen molar-refractivity contribution in [2.24, 2.45) is 0 Å². The minimum absolute atomic E-state index is 0.379. The third-order valence-electron chi connectivity index (χ3n) is 3.84. The molecule has 1 unspecified atom stereocenters. The van der Waals surface area contributed by atoms with Gasteiger partial charge in [-0.3, -0.25) is 4.90 Å². The monoisotopic (exact) mass is 265 g/mol. The van der Waals surface area contributed by atoms with Crippen LogP contribution in [-0.4, -0.2) is 45.3 Å². The fourth-order valence-electron chi connectivity index (χ4n) is 2.72. The van der Waals surface area contributed by atoms with Gasteiger partial charge in [-0.1, -0.05) is 13.3 Å². The van der Waals surface area contributed by atoms with Crippen molar-refractivity contribution in [1.29, 1.82) is 0 Å². The molecule has 1 N–H and O–H groups in total. The third kappa shape index (κ3) is 4.01. The molecule has 2 rings (SSSR count). The van der Waals surface area contributed by atoms with Crippen LogP contribution in [0, 0.1) is 0 Å². The summed E-state index contributed by atoms with van der Waals surface area (Å²) in [6, 6.07) is 1.02. The molecule has 0 saturated carbocycles. The summed E-state index contributed by atoms with van der Waals surface area (Å²) in [7, 11) is 0. The molecule has 1 aromatic heterocycles. The summed E-state index contributed by atoms with van der Waals surface area (Å²) < 4.78 is 2.02. The van der Waals surface area contributed by atoms with E-state index in [4.69, 9.17) is 0 Å². The van der Waals surface area contributed by atoms with Crippen LogP contribution in [0.5, 0.6) is 0 Å². The van der Waals surface area contributed by atoms with Crippen LogP contribution in [0.1, 0.15) is 51.9 Å². The van der Waals surface area contributed by atoms with Gasteiger partial charge in [0.2, 0.25) is 0 Å². The number of nitrogens with zero attached hydrogens (tertiary/aromatic N) is 4. The predicted octanol–water partition coefficient (Wildman–Crippen LogP) is 1.82. The van der Waals surface area contributed by atoms with Crippen LogP contribution in [0.15, 0.2) is 6.33 Å². The van der Waals surface area contributed by atoms with Crippen LogP contribution >= 0.6 is 0 Å². The fourth-order valence-corrected chi connectivity index (χ4v) is 2.72. The SMILES string of the molecule is CCN(Cc1ncnn1C(C)C)CC1CCCCN1. The topological polar surface area (TPSA) is 46.0 Å². The molecule has 0 amide bonds. The van der Waals surface area contributed by atoms with Gasteiger partial charge in [-0.05, 0) is 39.8 Å². The number of hydrogen-bond donors (Lipinski definition) is 1. The molecule has 0 aliphatic carbocycles. The first-order valence-electron chi connectivity index (χ1n) is 7.54. The average Bonchev–Trinajstić information content (AvgIpc) is 2.87. The van der Waals surface area contributed by atoms with Crippen LogP contribution < -0.4 is 5.32 Å². The second-order valence-corrected chi connectivity index (χ2v) is 5.69. The Balaban J connectivity index is 1.92. The Hall–Kier alpha value is -0.940. The molecular weight excluding hydrogens is 238 g/mol. The maximum atomic E-state index is 4.41. The van der Waals surface area contributed by atoms with Crippen molar-refractivity contribution in [2.45, 2.75) is 58.7 Å². The molecule has 1 aromatic rings. The number of nitrogens with one attached hydrogen (secondary N) is 1. The minimum atomic E-state index is 0.379. The smallest absolute Gasteiger partial charge is 0.141 e. The molecule has 5 nitrogen and oxygen atoms in total. The normalized spacial score (nSPS) is 20.4. The molecule has 108 valence electrons. The van der Waals surface area contributed by atoms with Crippen LogP contribution in [-0.2, 0) is 6.54 Å². The summed E-state index contributed by atoms with van der Waals surface area (Å²) in [6.07, 6.45) is 5.65. The van der Waals surface area contributed by atoms with Gasteiger partial charge in [0.15, 0.2) is 0 Å². The van der Waals surface area contributed by atoms with Gasteiger partial charge < -0.3 is 5.32 Å². The second kappa shape index (κ2) is 7.01. The van der Waals surface area contributed by atoms with Gasteiger partial charge in [0.25, 0.3) is 0 Å². The van der Waals surface area contributed by atoms with Crippen molar-refractivity contribution < 1.29 is 0 Å². The van der Waals surface area contributed by atoms with Crippen LogP contribution in [0.4, 0.5) is 0 Å². The first kappa shape index (κ1) is 14.5. The first-order valence-corrected chi connectivity index (χ1v) is 7.54. The van der Waals surface area contributed by atoms with Gasteiger partial charge in [-0.2, -0.15) is 5.10 Å². The molecule has 5 heteroatoms. The molecule has 0 aromatic carbocycles. The van der Waals surface area contributed by atoms with Crippen molar-refractivity contribution in [3.63, 3.8) is 0 Å². The highest BCUT2D eigenvalue weighted by atomic mass is 15.4. The molecular formula is C14H27N5. The van der Waals surface area contributed by atoms with E-state index in [1.54, 1.807) is 6.33 Å². The van der Waals surface area contributed by atoms with Crippen molar-refractivity contribution >= 4 is 0 Å². The van der Waals surface area contributed by atoms with Gasteiger partial charge in [0.1, 0.15) is 12.2 Å². The van der Waals surface area contributed by atoms with E-state index in [-0.39, 0.29) is 0 Å². The Morgan fingerprint density at radius 1 is 1.47 bits per heavy atom. The van der Waals surface area contributed by atoms with E-state index in [9.17, 15) is 0 Å². The van der Waals surface area contributed by atoms with E-state index in [0.717, 1.165) is 25.5 Å². The number of likely N-dealkylation sites (N-methyl/N-ethyl adjacent to an activating group) is 1. The van der Waals surface area contributed by atoms with E-state index in [0.29, 0.717) is 12.1 Å². The van der Waals surface area contributed by atoms with Gasteiger partial charge in [-0.25, -0.2) is 9.67 Å². The largest absolute Gasteiger partial charge is 0.313 e. The van der Waals surface area contributed by atoms with E-state index < -0.39 is 0 Å². The molecule has 0 bridgehead atoms. The second-order valence-electron chi connectivity index (χ2n) is 5.69. The molecule has 19 heavy (non-hydrogen) atoms. The summed E-state index contributed by atoms with van der Waals surface area (Å²) in [5, 5.41) is 7.93. The van der Waals surface area contributed by atoms with Gasteiger partial charge in [0, 0.05) is 18.6 Å². The summed E-state index contributed by atoms with van der Waals surface area (Å²) in [4.78, 5) is 6.87. The highest BCUT2D eigenvalue weighted by molar-refractivity contribution is 4.87. The maximum Gasteiger partial charge on any atom is 0.141 e. The van der Waals surface area contributed by atoms with E-state index in [1.807, 2.05) is 4.68 Å². The first-order chi connectivity index (χ1) is 9.20. The van der Waals surface area contributed by atoms with E-state index >= 15 is 0 Å². The Kier molecular flexibility index (Phi) is 5.34. The lowest BCUT2D eigenvalue weighted by Crippen LogP contribution is -2.43. The Morgan fingerprint density at radius 3 is 2.95 bits per heavy atom. The zero-order chi connectivity index (χ0) is 13.7. The van der Waals surface area contributed by atoms with Crippen LogP contribution in [0.25, 0.3) is 0 Å².